The molecule has 4 rings (SSSR count). The van der Waals surface area contributed by atoms with Crippen molar-refractivity contribution < 1.29 is 28.3 Å². The van der Waals surface area contributed by atoms with Crippen molar-refractivity contribution in [2.45, 2.75) is 32.1 Å². The lowest BCUT2D eigenvalue weighted by Gasteiger charge is -2.20. The molecule has 0 radical (unpaired) electrons. The van der Waals surface area contributed by atoms with Crippen LogP contribution in [0.15, 0.2) is 46.9 Å². The van der Waals surface area contributed by atoms with Crippen molar-refractivity contribution in [2.24, 2.45) is 5.92 Å². The molecule has 0 aliphatic heterocycles. The lowest BCUT2D eigenvalue weighted by molar-refractivity contribution is -0.151. The van der Waals surface area contributed by atoms with Crippen molar-refractivity contribution in [1.29, 1.82) is 0 Å². The van der Waals surface area contributed by atoms with E-state index in [1.54, 1.807) is 18.2 Å². The Morgan fingerprint density at radius 2 is 1.70 bits per heavy atom. The smallest absolute Gasteiger partial charge is 0.344 e. The van der Waals surface area contributed by atoms with Gasteiger partial charge in [-0.15, -0.1) is 0 Å². The number of amides is 2. The summed E-state index contributed by atoms with van der Waals surface area (Å²) in [6, 6.07) is 12.9. The molecule has 0 bridgehead atoms. The Morgan fingerprint density at radius 1 is 0.933 bits per heavy atom. The molecule has 1 saturated carbocycles. The van der Waals surface area contributed by atoms with Gasteiger partial charge in [-0.2, -0.15) is 0 Å². The molecule has 0 unspecified atom stereocenters. The van der Waals surface area contributed by atoms with Gasteiger partial charge in [0, 0.05) is 16.7 Å². The van der Waals surface area contributed by atoms with Gasteiger partial charge in [0.15, 0.2) is 13.2 Å². The predicted molar refractivity (Wildman–Crippen MR) is 110 cm³/mol. The predicted octanol–water partition coefficient (Wildman–Crippen LogP) is 3.73. The highest BCUT2D eigenvalue weighted by molar-refractivity contribution is 6.05. The van der Waals surface area contributed by atoms with Crippen LogP contribution in [0, 0.1) is 5.92 Å². The average molecular weight is 409 g/mol. The van der Waals surface area contributed by atoms with Crippen LogP contribution in [-0.4, -0.2) is 31.0 Å². The molecule has 1 aliphatic rings. The Bertz CT molecular complexity index is 1080. The molecule has 0 saturated heterocycles. The van der Waals surface area contributed by atoms with Crippen LogP contribution in [0.4, 0.5) is 0 Å². The summed E-state index contributed by atoms with van der Waals surface area (Å²) in [5.74, 6) is -1.23. The maximum atomic E-state index is 12.0. The lowest BCUT2D eigenvalue weighted by Crippen LogP contribution is -2.39. The number of nitrogens with one attached hydrogen (secondary N) is 1. The van der Waals surface area contributed by atoms with Gasteiger partial charge < -0.3 is 13.9 Å². The number of furan rings is 1. The van der Waals surface area contributed by atoms with Gasteiger partial charge in [0.1, 0.15) is 16.9 Å². The van der Waals surface area contributed by atoms with Crippen molar-refractivity contribution in [2.75, 3.05) is 13.2 Å². The SMILES string of the molecule is O=C(COC(=O)COc1ccc2oc3ccccc3c2c1)NC(=O)C1CCCCC1. The minimum Gasteiger partial charge on any atom is -0.482 e. The summed E-state index contributed by atoms with van der Waals surface area (Å²) < 4.78 is 16.2. The number of esters is 1. The molecule has 3 aromatic rings. The van der Waals surface area contributed by atoms with E-state index in [-0.39, 0.29) is 18.4 Å². The number of benzene rings is 2. The van der Waals surface area contributed by atoms with E-state index in [1.807, 2.05) is 24.3 Å². The highest BCUT2D eigenvalue weighted by Gasteiger charge is 2.23. The molecule has 2 amide bonds. The second kappa shape index (κ2) is 8.98. The maximum Gasteiger partial charge on any atom is 0.344 e. The van der Waals surface area contributed by atoms with Crippen molar-refractivity contribution >= 4 is 39.7 Å². The van der Waals surface area contributed by atoms with Gasteiger partial charge in [-0.25, -0.2) is 4.79 Å². The second-order valence-electron chi connectivity index (χ2n) is 7.45. The van der Waals surface area contributed by atoms with Gasteiger partial charge in [0.05, 0.1) is 0 Å². The fourth-order valence-corrected chi connectivity index (χ4v) is 3.77. The minimum atomic E-state index is -0.688. The zero-order chi connectivity index (χ0) is 20.9. The number of ether oxygens (including phenoxy) is 2. The van der Waals surface area contributed by atoms with Crippen LogP contribution in [0.5, 0.6) is 5.75 Å². The van der Waals surface area contributed by atoms with E-state index in [0.717, 1.165) is 54.0 Å². The van der Waals surface area contributed by atoms with E-state index in [0.29, 0.717) is 5.75 Å². The first-order valence-corrected chi connectivity index (χ1v) is 10.1. The quantitative estimate of drug-likeness (QED) is 0.624. The number of para-hydroxylation sites is 1. The Labute approximate surface area is 173 Å². The van der Waals surface area contributed by atoms with Gasteiger partial charge in [0.2, 0.25) is 5.91 Å². The van der Waals surface area contributed by atoms with Gasteiger partial charge in [-0.3, -0.25) is 14.9 Å². The minimum absolute atomic E-state index is 0.129. The van der Waals surface area contributed by atoms with E-state index in [1.165, 1.54) is 0 Å². The van der Waals surface area contributed by atoms with E-state index in [9.17, 15) is 14.4 Å². The first kappa shape index (κ1) is 19.9. The molecule has 1 heterocycles. The maximum absolute atomic E-state index is 12.0. The van der Waals surface area contributed by atoms with Crippen LogP contribution in [0.25, 0.3) is 21.9 Å². The number of carbonyl (C=O) groups excluding carboxylic acids is 3. The molecule has 1 fully saturated rings. The fourth-order valence-electron chi connectivity index (χ4n) is 3.77. The highest BCUT2D eigenvalue weighted by atomic mass is 16.6. The second-order valence-corrected chi connectivity index (χ2v) is 7.45. The summed E-state index contributed by atoms with van der Waals surface area (Å²) in [7, 11) is 0. The summed E-state index contributed by atoms with van der Waals surface area (Å²) in [6.45, 7) is -0.850. The molecule has 0 spiro atoms. The van der Waals surface area contributed by atoms with Gasteiger partial charge in [-0.1, -0.05) is 37.5 Å². The molecule has 1 aromatic heterocycles. The number of hydrogen-bond acceptors (Lipinski definition) is 6. The summed E-state index contributed by atoms with van der Waals surface area (Å²) in [5, 5.41) is 4.15. The Kier molecular flexibility index (Phi) is 5.97. The van der Waals surface area contributed by atoms with E-state index >= 15 is 0 Å². The Morgan fingerprint density at radius 3 is 2.53 bits per heavy atom. The van der Waals surface area contributed by atoms with Crippen molar-refractivity contribution in [3.8, 4) is 5.75 Å². The summed E-state index contributed by atoms with van der Waals surface area (Å²) in [4.78, 5) is 35.8. The third kappa shape index (κ3) is 4.62. The van der Waals surface area contributed by atoms with Crippen molar-refractivity contribution in [3.63, 3.8) is 0 Å². The van der Waals surface area contributed by atoms with E-state index in [4.69, 9.17) is 13.9 Å². The average Bonchev–Trinajstić information content (AvgIpc) is 3.15. The largest absolute Gasteiger partial charge is 0.482 e. The van der Waals surface area contributed by atoms with E-state index in [2.05, 4.69) is 5.32 Å². The molecule has 2 aromatic carbocycles. The number of fused-ring (bicyclic) bond motifs is 3. The third-order valence-electron chi connectivity index (χ3n) is 5.31. The Hall–Kier alpha value is -3.35. The summed E-state index contributed by atoms with van der Waals surface area (Å²) in [6.07, 6.45) is 4.71. The molecule has 1 aliphatic carbocycles. The first-order valence-electron chi connectivity index (χ1n) is 10.1. The first-order chi connectivity index (χ1) is 14.6. The normalized spacial score (nSPS) is 14.5. The summed E-state index contributed by atoms with van der Waals surface area (Å²) in [5.41, 5.74) is 1.50. The van der Waals surface area contributed by atoms with Crippen LogP contribution in [0.2, 0.25) is 0 Å². The number of hydrogen-bond donors (Lipinski definition) is 1. The van der Waals surface area contributed by atoms with Gasteiger partial charge >= 0.3 is 5.97 Å². The molecular formula is C23H23NO6. The van der Waals surface area contributed by atoms with Crippen LogP contribution >= 0.6 is 0 Å². The monoisotopic (exact) mass is 409 g/mol. The fraction of sp³-hybridized carbons (Fsp3) is 0.348. The topological polar surface area (TPSA) is 94.8 Å². The standard InChI is InChI=1S/C23H23NO6/c25-21(24-23(27)15-6-2-1-3-7-15)13-29-22(26)14-28-16-10-11-20-18(12-16)17-8-4-5-9-19(17)30-20/h4-5,8-12,15H,1-3,6-7,13-14H2,(H,24,25,27). The lowest BCUT2D eigenvalue weighted by atomic mass is 9.89. The van der Waals surface area contributed by atoms with Gasteiger partial charge in [0.25, 0.3) is 5.91 Å². The molecule has 1 N–H and O–H groups in total. The zero-order valence-corrected chi connectivity index (χ0v) is 16.5. The molecule has 156 valence electrons. The number of carbonyl (C=O) groups is 3. The summed E-state index contributed by atoms with van der Waals surface area (Å²) >= 11 is 0. The number of rotatable bonds is 6. The van der Waals surface area contributed by atoms with Crippen LogP contribution in [0.1, 0.15) is 32.1 Å². The molecular weight excluding hydrogens is 386 g/mol. The number of imide groups is 1. The molecule has 7 nitrogen and oxygen atoms in total. The molecule has 7 heteroatoms. The van der Waals surface area contributed by atoms with Crippen LogP contribution in [-0.2, 0) is 19.1 Å². The van der Waals surface area contributed by atoms with Gasteiger partial charge in [-0.05, 0) is 37.1 Å². The zero-order valence-electron chi connectivity index (χ0n) is 16.5. The van der Waals surface area contributed by atoms with Crippen molar-refractivity contribution in [1.82, 2.24) is 5.32 Å². The molecule has 0 atom stereocenters. The molecule has 30 heavy (non-hydrogen) atoms. The van der Waals surface area contributed by atoms with Crippen LogP contribution in [0.3, 0.4) is 0 Å². The van der Waals surface area contributed by atoms with Crippen molar-refractivity contribution in [3.05, 3.63) is 42.5 Å². The Balaban J connectivity index is 1.26. The van der Waals surface area contributed by atoms with E-state index < -0.39 is 18.5 Å². The third-order valence-corrected chi connectivity index (χ3v) is 5.31. The highest BCUT2D eigenvalue weighted by Crippen LogP contribution is 2.31. The van der Waals surface area contributed by atoms with Crippen LogP contribution < -0.4 is 10.1 Å².